The molecule has 0 saturated heterocycles. The highest BCUT2D eigenvalue weighted by Crippen LogP contribution is 2.23. The molecule has 1 rings (SSSR count). The van der Waals surface area contributed by atoms with Crippen LogP contribution in [-0.4, -0.2) is 26.0 Å². The molecule has 3 heteroatoms. The predicted molar refractivity (Wildman–Crippen MR) is 75.8 cm³/mol. The summed E-state index contributed by atoms with van der Waals surface area (Å²) in [6, 6.07) is 6.71. The first-order valence-electron chi connectivity index (χ1n) is 6.20. The Morgan fingerprint density at radius 3 is 2.82 bits per heavy atom. The van der Waals surface area contributed by atoms with E-state index >= 15 is 0 Å². The molecule has 0 bridgehead atoms. The first-order chi connectivity index (χ1) is 8.27. The molecule has 17 heavy (non-hydrogen) atoms. The number of hydrogen-bond acceptors (Lipinski definition) is 3. The summed E-state index contributed by atoms with van der Waals surface area (Å²) in [5, 5.41) is 3.42. The highest BCUT2D eigenvalue weighted by molar-refractivity contribution is 7.99. The van der Waals surface area contributed by atoms with Crippen molar-refractivity contribution in [2.24, 2.45) is 0 Å². The molecule has 0 spiro atoms. The number of nitrogens with one attached hydrogen (secondary N) is 1. The van der Waals surface area contributed by atoms with E-state index < -0.39 is 0 Å². The fraction of sp³-hybridized carbons (Fsp3) is 0.571. The van der Waals surface area contributed by atoms with Gasteiger partial charge in [0, 0.05) is 24.3 Å². The van der Waals surface area contributed by atoms with Crippen molar-refractivity contribution in [3.63, 3.8) is 0 Å². The van der Waals surface area contributed by atoms with Crippen LogP contribution in [0.5, 0.6) is 0 Å². The van der Waals surface area contributed by atoms with Crippen LogP contribution in [0.3, 0.4) is 0 Å². The van der Waals surface area contributed by atoms with Crippen molar-refractivity contribution in [1.82, 2.24) is 5.32 Å². The monoisotopic (exact) mass is 253 g/mol. The summed E-state index contributed by atoms with van der Waals surface area (Å²) in [7, 11) is 1.75. The van der Waals surface area contributed by atoms with Crippen LogP contribution in [0.15, 0.2) is 23.1 Å². The van der Waals surface area contributed by atoms with Gasteiger partial charge in [0.2, 0.25) is 0 Å². The highest BCUT2D eigenvalue weighted by atomic mass is 32.2. The summed E-state index contributed by atoms with van der Waals surface area (Å²) >= 11 is 1.86. The minimum atomic E-state index is 0.809. The van der Waals surface area contributed by atoms with Crippen LogP contribution in [0.25, 0.3) is 0 Å². The van der Waals surface area contributed by atoms with E-state index in [1.54, 1.807) is 7.11 Å². The maximum atomic E-state index is 5.06. The zero-order valence-electron chi connectivity index (χ0n) is 11.1. The molecule has 0 radical (unpaired) electrons. The molecule has 0 unspecified atom stereocenters. The SMILES string of the molecule is CCCNCc1ccc(SCCOC)c(C)c1. The Kier molecular flexibility index (Phi) is 7.33. The smallest absolute Gasteiger partial charge is 0.0556 e. The third kappa shape index (κ3) is 5.57. The van der Waals surface area contributed by atoms with E-state index in [1.165, 1.54) is 22.4 Å². The number of rotatable bonds is 8. The topological polar surface area (TPSA) is 21.3 Å². The quantitative estimate of drug-likeness (QED) is 0.568. The Bertz CT molecular complexity index is 328. The molecule has 1 N–H and O–H groups in total. The molecule has 0 aliphatic rings. The third-order valence-electron chi connectivity index (χ3n) is 2.54. The first kappa shape index (κ1) is 14.6. The molecule has 0 heterocycles. The lowest BCUT2D eigenvalue weighted by Crippen LogP contribution is -2.13. The van der Waals surface area contributed by atoms with E-state index in [9.17, 15) is 0 Å². The van der Waals surface area contributed by atoms with Gasteiger partial charge in [-0.15, -0.1) is 11.8 Å². The molecular weight excluding hydrogens is 230 g/mol. The Labute approximate surface area is 109 Å². The number of methoxy groups -OCH3 is 1. The standard InChI is InChI=1S/C14H23NOS/c1-4-7-15-11-13-5-6-14(12(2)10-13)17-9-8-16-3/h5-6,10,15H,4,7-9,11H2,1-3H3. The highest BCUT2D eigenvalue weighted by Gasteiger charge is 2.00. The van der Waals surface area contributed by atoms with Crippen molar-refractivity contribution in [1.29, 1.82) is 0 Å². The lowest BCUT2D eigenvalue weighted by atomic mass is 10.1. The van der Waals surface area contributed by atoms with Crippen LogP contribution < -0.4 is 5.32 Å². The van der Waals surface area contributed by atoms with Crippen molar-refractivity contribution in [3.8, 4) is 0 Å². The molecule has 0 fully saturated rings. The van der Waals surface area contributed by atoms with Gasteiger partial charge in [0.15, 0.2) is 0 Å². The molecular formula is C14H23NOS. The Balaban J connectivity index is 2.47. The van der Waals surface area contributed by atoms with Crippen molar-refractivity contribution < 1.29 is 4.74 Å². The van der Waals surface area contributed by atoms with Gasteiger partial charge in [0.25, 0.3) is 0 Å². The predicted octanol–water partition coefficient (Wildman–Crippen LogP) is 3.23. The normalized spacial score (nSPS) is 10.8. The fourth-order valence-electron chi connectivity index (χ4n) is 1.63. The van der Waals surface area contributed by atoms with E-state index in [2.05, 4.69) is 37.4 Å². The molecule has 1 aromatic rings. The molecule has 0 saturated carbocycles. The molecule has 0 atom stereocenters. The minimum Gasteiger partial charge on any atom is -0.384 e. The molecule has 96 valence electrons. The zero-order valence-corrected chi connectivity index (χ0v) is 11.9. The average molecular weight is 253 g/mol. The molecule has 1 aromatic carbocycles. The van der Waals surface area contributed by atoms with Gasteiger partial charge in [-0.3, -0.25) is 0 Å². The van der Waals surface area contributed by atoms with Gasteiger partial charge >= 0.3 is 0 Å². The van der Waals surface area contributed by atoms with E-state index in [-0.39, 0.29) is 0 Å². The Hall–Kier alpha value is -0.510. The summed E-state index contributed by atoms with van der Waals surface area (Å²) < 4.78 is 5.06. The van der Waals surface area contributed by atoms with Gasteiger partial charge in [-0.05, 0) is 37.1 Å². The van der Waals surface area contributed by atoms with Gasteiger partial charge in [0.1, 0.15) is 0 Å². The van der Waals surface area contributed by atoms with E-state index in [0.29, 0.717) is 0 Å². The summed E-state index contributed by atoms with van der Waals surface area (Å²) in [4.78, 5) is 1.36. The zero-order chi connectivity index (χ0) is 12.5. The Morgan fingerprint density at radius 1 is 1.35 bits per heavy atom. The second-order valence-electron chi connectivity index (χ2n) is 4.12. The summed E-state index contributed by atoms with van der Waals surface area (Å²) in [6.07, 6.45) is 1.18. The summed E-state index contributed by atoms with van der Waals surface area (Å²) in [6.45, 7) is 7.23. The van der Waals surface area contributed by atoms with Crippen molar-refractivity contribution in [3.05, 3.63) is 29.3 Å². The number of benzene rings is 1. The van der Waals surface area contributed by atoms with Gasteiger partial charge in [-0.25, -0.2) is 0 Å². The number of aryl methyl sites for hydroxylation is 1. The largest absolute Gasteiger partial charge is 0.384 e. The van der Waals surface area contributed by atoms with Crippen LogP contribution in [0.4, 0.5) is 0 Å². The lowest BCUT2D eigenvalue weighted by molar-refractivity contribution is 0.218. The van der Waals surface area contributed by atoms with E-state index in [4.69, 9.17) is 4.74 Å². The maximum Gasteiger partial charge on any atom is 0.0556 e. The van der Waals surface area contributed by atoms with Crippen molar-refractivity contribution >= 4 is 11.8 Å². The molecule has 2 nitrogen and oxygen atoms in total. The van der Waals surface area contributed by atoms with Gasteiger partial charge < -0.3 is 10.1 Å². The molecule has 0 amide bonds. The van der Waals surface area contributed by atoms with Crippen molar-refractivity contribution in [2.45, 2.75) is 31.7 Å². The van der Waals surface area contributed by atoms with Crippen LogP contribution in [-0.2, 0) is 11.3 Å². The second kappa shape index (κ2) is 8.56. The third-order valence-corrected chi connectivity index (χ3v) is 3.68. The number of thioether (sulfide) groups is 1. The number of ether oxygens (including phenoxy) is 1. The number of hydrogen-bond donors (Lipinski definition) is 1. The Morgan fingerprint density at radius 2 is 2.18 bits per heavy atom. The lowest BCUT2D eigenvalue weighted by Gasteiger charge is -2.09. The molecule has 0 aliphatic carbocycles. The van der Waals surface area contributed by atoms with Gasteiger partial charge in [-0.2, -0.15) is 0 Å². The van der Waals surface area contributed by atoms with Crippen LogP contribution >= 0.6 is 11.8 Å². The van der Waals surface area contributed by atoms with Crippen LogP contribution in [0.1, 0.15) is 24.5 Å². The summed E-state index contributed by atoms with van der Waals surface area (Å²) in [5.74, 6) is 1.02. The van der Waals surface area contributed by atoms with E-state index in [1.807, 2.05) is 11.8 Å². The van der Waals surface area contributed by atoms with Crippen LogP contribution in [0.2, 0.25) is 0 Å². The summed E-state index contributed by atoms with van der Waals surface area (Å²) in [5.41, 5.74) is 2.73. The molecule has 0 aliphatic heterocycles. The van der Waals surface area contributed by atoms with Gasteiger partial charge in [0.05, 0.1) is 6.61 Å². The fourth-order valence-corrected chi connectivity index (χ4v) is 2.55. The average Bonchev–Trinajstić information content (AvgIpc) is 2.32. The van der Waals surface area contributed by atoms with Crippen molar-refractivity contribution in [2.75, 3.05) is 26.0 Å². The van der Waals surface area contributed by atoms with E-state index in [0.717, 1.165) is 25.4 Å². The molecule has 0 aromatic heterocycles. The second-order valence-corrected chi connectivity index (χ2v) is 5.25. The maximum absolute atomic E-state index is 5.06. The van der Waals surface area contributed by atoms with Gasteiger partial charge in [-0.1, -0.05) is 19.1 Å². The first-order valence-corrected chi connectivity index (χ1v) is 7.18. The van der Waals surface area contributed by atoms with Crippen LogP contribution in [0, 0.1) is 6.92 Å². The minimum absolute atomic E-state index is 0.809.